The zero-order valence-corrected chi connectivity index (χ0v) is 11.8. The van der Waals surface area contributed by atoms with Crippen LogP contribution in [0.4, 0.5) is 5.69 Å². The SMILES string of the molecule is CCCNc1ccnc(CN(C)CCCOC)c1. The van der Waals surface area contributed by atoms with Crippen LogP contribution in [0, 0.1) is 0 Å². The Morgan fingerprint density at radius 1 is 1.44 bits per heavy atom. The summed E-state index contributed by atoms with van der Waals surface area (Å²) in [5.41, 5.74) is 2.27. The first kappa shape index (κ1) is 14.9. The molecule has 1 heterocycles. The molecule has 0 saturated heterocycles. The van der Waals surface area contributed by atoms with Gasteiger partial charge in [-0.2, -0.15) is 0 Å². The maximum Gasteiger partial charge on any atom is 0.0564 e. The second-order valence-electron chi connectivity index (χ2n) is 4.55. The van der Waals surface area contributed by atoms with Crippen molar-refractivity contribution in [3.63, 3.8) is 0 Å². The molecule has 0 aliphatic heterocycles. The van der Waals surface area contributed by atoms with Crippen molar-refractivity contribution in [3.05, 3.63) is 24.0 Å². The van der Waals surface area contributed by atoms with E-state index in [9.17, 15) is 0 Å². The summed E-state index contributed by atoms with van der Waals surface area (Å²) in [4.78, 5) is 6.67. The van der Waals surface area contributed by atoms with Gasteiger partial charge >= 0.3 is 0 Å². The Labute approximate surface area is 110 Å². The van der Waals surface area contributed by atoms with Crippen molar-refractivity contribution in [1.82, 2.24) is 9.88 Å². The molecule has 0 fully saturated rings. The number of pyridine rings is 1. The van der Waals surface area contributed by atoms with E-state index in [2.05, 4.69) is 35.2 Å². The monoisotopic (exact) mass is 251 g/mol. The van der Waals surface area contributed by atoms with Crippen LogP contribution in [-0.2, 0) is 11.3 Å². The molecule has 0 aliphatic rings. The minimum Gasteiger partial charge on any atom is -0.385 e. The van der Waals surface area contributed by atoms with E-state index in [1.165, 1.54) is 0 Å². The molecule has 0 spiro atoms. The molecule has 0 atom stereocenters. The lowest BCUT2D eigenvalue weighted by molar-refractivity contribution is 0.178. The van der Waals surface area contributed by atoms with Crippen LogP contribution in [0.25, 0.3) is 0 Å². The molecule has 0 bridgehead atoms. The number of nitrogens with one attached hydrogen (secondary N) is 1. The molecule has 0 saturated carbocycles. The van der Waals surface area contributed by atoms with Gasteiger partial charge in [0.15, 0.2) is 0 Å². The van der Waals surface area contributed by atoms with Gasteiger partial charge in [0.2, 0.25) is 0 Å². The summed E-state index contributed by atoms with van der Waals surface area (Å²) in [5.74, 6) is 0. The molecule has 4 nitrogen and oxygen atoms in total. The molecule has 1 rings (SSSR count). The summed E-state index contributed by atoms with van der Waals surface area (Å²) in [6.07, 6.45) is 4.06. The van der Waals surface area contributed by atoms with E-state index in [0.717, 1.165) is 50.5 Å². The predicted octanol–water partition coefficient (Wildman–Crippen LogP) is 2.37. The van der Waals surface area contributed by atoms with Crippen LogP contribution in [0.1, 0.15) is 25.5 Å². The van der Waals surface area contributed by atoms with Crippen LogP contribution < -0.4 is 5.32 Å². The Bertz CT molecular complexity index is 331. The van der Waals surface area contributed by atoms with Gasteiger partial charge in [0.1, 0.15) is 0 Å². The third-order valence-electron chi connectivity index (χ3n) is 2.72. The maximum absolute atomic E-state index is 5.05. The highest BCUT2D eigenvalue weighted by Crippen LogP contribution is 2.09. The number of anilines is 1. The number of ether oxygens (including phenoxy) is 1. The maximum atomic E-state index is 5.05. The van der Waals surface area contributed by atoms with E-state index in [1.807, 2.05) is 12.3 Å². The zero-order chi connectivity index (χ0) is 13.2. The lowest BCUT2D eigenvalue weighted by Crippen LogP contribution is -2.20. The Morgan fingerprint density at radius 2 is 2.28 bits per heavy atom. The van der Waals surface area contributed by atoms with Gasteiger partial charge in [-0.15, -0.1) is 0 Å². The van der Waals surface area contributed by atoms with Crippen LogP contribution in [-0.4, -0.2) is 43.7 Å². The quantitative estimate of drug-likeness (QED) is 0.684. The van der Waals surface area contributed by atoms with E-state index < -0.39 is 0 Å². The fourth-order valence-electron chi connectivity index (χ4n) is 1.78. The highest BCUT2D eigenvalue weighted by atomic mass is 16.5. The van der Waals surface area contributed by atoms with Crippen molar-refractivity contribution in [2.24, 2.45) is 0 Å². The van der Waals surface area contributed by atoms with Crippen LogP contribution >= 0.6 is 0 Å². The second-order valence-corrected chi connectivity index (χ2v) is 4.55. The number of hydrogen-bond donors (Lipinski definition) is 1. The highest BCUT2D eigenvalue weighted by molar-refractivity contribution is 5.43. The van der Waals surface area contributed by atoms with Gasteiger partial charge in [0.05, 0.1) is 5.69 Å². The molecule has 0 unspecified atom stereocenters. The topological polar surface area (TPSA) is 37.4 Å². The van der Waals surface area contributed by atoms with Gasteiger partial charge in [0, 0.05) is 45.2 Å². The van der Waals surface area contributed by atoms with E-state index in [-0.39, 0.29) is 0 Å². The predicted molar refractivity (Wildman–Crippen MR) is 75.8 cm³/mol. The average molecular weight is 251 g/mol. The van der Waals surface area contributed by atoms with Gasteiger partial charge in [-0.25, -0.2) is 0 Å². The average Bonchev–Trinajstić information content (AvgIpc) is 2.37. The summed E-state index contributed by atoms with van der Waals surface area (Å²) in [5, 5.41) is 3.38. The second kappa shape index (κ2) is 8.89. The van der Waals surface area contributed by atoms with E-state index in [0.29, 0.717) is 0 Å². The van der Waals surface area contributed by atoms with Crippen LogP contribution in [0.5, 0.6) is 0 Å². The fraction of sp³-hybridized carbons (Fsp3) is 0.643. The lowest BCUT2D eigenvalue weighted by Gasteiger charge is -2.16. The molecule has 0 aliphatic carbocycles. The minimum atomic E-state index is 0.815. The molecule has 1 aromatic rings. The van der Waals surface area contributed by atoms with Crippen molar-refractivity contribution in [3.8, 4) is 0 Å². The third-order valence-corrected chi connectivity index (χ3v) is 2.72. The van der Waals surface area contributed by atoms with Gasteiger partial charge < -0.3 is 15.0 Å². The number of methoxy groups -OCH3 is 1. The van der Waals surface area contributed by atoms with Gasteiger partial charge in [-0.3, -0.25) is 4.98 Å². The van der Waals surface area contributed by atoms with E-state index in [1.54, 1.807) is 7.11 Å². The molecule has 1 aromatic heterocycles. The van der Waals surface area contributed by atoms with Crippen molar-refractivity contribution >= 4 is 5.69 Å². The molecular formula is C14H25N3O. The smallest absolute Gasteiger partial charge is 0.0564 e. The van der Waals surface area contributed by atoms with Crippen molar-refractivity contribution in [1.29, 1.82) is 0 Å². The van der Waals surface area contributed by atoms with Crippen molar-refractivity contribution < 1.29 is 4.74 Å². The molecular weight excluding hydrogens is 226 g/mol. The first-order valence-corrected chi connectivity index (χ1v) is 6.62. The number of hydrogen-bond acceptors (Lipinski definition) is 4. The zero-order valence-electron chi connectivity index (χ0n) is 11.8. The van der Waals surface area contributed by atoms with Crippen LogP contribution in [0.2, 0.25) is 0 Å². The number of aromatic nitrogens is 1. The van der Waals surface area contributed by atoms with Crippen LogP contribution in [0.15, 0.2) is 18.3 Å². The number of rotatable bonds is 9. The molecule has 102 valence electrons. The van der Waals surface area contributed by atoms with Crippen molar-refractivity contribution in [2.45, 2.75) is 26.3 Å². The summed E-state index contributed by atoms with van der Waals surface area (Å²) >= 11 is 0. The molecule has 18 heavy (non-hydrogen) atoms. The first-order chi connectivity index (χ1) is 8.76. The standard InChI is InChI=1S/C14H25N3O/c1-4-7-15-13-6-8-16-14(11-13)12-17(2)9-5-10-18-3/h6,8,11H,4-5,7,9-10,12H2,1-3H3,(H,15,16). The molecule has 4 heteroatoms. The normalized spacial score (nSPS) is 10.9. The Morgan fingerprint density at radius 3 is 3.00 bits per heavy atom. The van der Waals surface area contributed by atoms with E-state index >= 15 is 0 Å². The largest absolute Gasteiger partial charge is 0.385 e. The van der Waals surface area contributed by atoms with Crippen LogP contribution in [0.3, 0.4) is 0 Å². The van der Waals surface area contributed by atoms with Gasteiger partial charge in [-0.05, 0) is 32.0 Å². The minimum absolute atomic E-state index is 0.815. The lowest BCUT2D eigenvalue weighted by atomic mass is 10.3. The third kappa shape index (κ3) is 5.98. The molecule has 0 amide bonds. The fourth-order valence-corrected chi connectivity index (χ4v) is 1.78. The summed E-state index contributed by atoms with van der Waals surface area (Å²) < 4.78 is 5.05. The summed E-state index contributed by atoms with van der Waals surface area (Å²) in [6, 6.07) is 4.15. The Kier molecular flexibility index (Phi) is 7.37. The molecule has 0 radical (unpaired) electrons. The first-order valence-electron chi connectivity index (χ1n) is 6.62. The van der Waals surface area contributed by atoms with Gasteiger partial charge in [-0.1, -0.05) is 6.92 Å². The molecule has 1 N–H and O–H groups in total. The van der Waals surface area contributed by atoms with Gasteiger partial charge in [0.25, 0.3) is 0 Å². The van der Waals surface area contributed by atoms with Crippen molar-refractivity contribution in [2.75, 3.05) is 39.2 Å². The summed E-state index contributed by atoms with van der Waals surface area (Å²) in [7, 11) is 3.86. The van der Waals surface area contributed by atoms with E-state index in [4.69, 9.17) is 4.74 Å². The Hall–Kier alpha value is -1.13. The highest BCUT2D eigenvalue weighted by Gasteiger charge is 2.02. The summed E-state index contributed by atoms with van der Waals surface area (Å²) in [6.45, 7) is 5.90. The molecule has 0 aromatic carbocycles. The Balaban J connectivity index is 2.40. The number of nitrogens with zero attached hydrogens (tertiary/aromatic N) is 2.